The van der Waals surface area contributed by atoms with Crippen molar-refractivity contribution < 1.29 is 9.53 Å². The summed E-state index contributed by atoms with van der Waals surface area (Å²) in [5, 5.41) is 0. The number of unbranched alkanes of at least 4 members (excludes halogenated alkanes) is 7. The molecule has 0 aromatic carbocycles. The Kier molecular flexibility index (Phi) is 11.7. The molecule has 0 spiro atoms. The van der Waals surface area contributed by atoms with Crippen LogP contribution in [0.4, 0.5) is 0 Å². The maximum absolute atomic E-state index is 11.5. The van der Waals surface area contributed by atoms with E-state index in [0.717, 1.165) is 25.8 Å². The van der Waals surface area contributed by atoms with Gasteiger partial charge in [0.25, 0.3) is 0 Å². The first-order valence-electron chi connectivity index (χ1n) is 7.65. The van der Waals surface area contributed by atoms with Crippen molar-refractivity contribution in [3.63, 3.8) is 0 Å². The monoisotopic (exact) mass is 269 g/mol. The lowest BCUT2D eigenvalue weighted by molar-refractivity contribution is -0.139. The molecular weight excluding hydrogens is 238 g/mol. The van der Waals surface area contributed by atoms with Crippen LogP contribution >= 0.6 is 0 Å². The summed E-state index contributed by atoms with van der Waals surface area (Å²) in [6.45, 7) is 8.98. The van der Waals surface area contributed by atoms with Gasteiger partial charge in [-0.1, -0.05) is 59.0 Å². The molecular formula is C16H31NO2. The zero-order chi connectivity index (χ0) is 14.5. The molecule has 0 aromatic rings. The van der Waals surface area contributed by atoms with E-state index >= 15 is 0 Å². The van der Waals surface area contributed by atoms with E-state index in [1.165, 1.54) is 32.1 Å². The second-order valence-electron chi connectivity index (χ2n) is 5.43. The SMILES string of the molecule is C=C(C(=O)OCCCCCCCCCCN)C(C)C. The van der Waals surface area contributed by atoms with E-state index in [0.29, 0.717) is 12.2 Å². The number of carbonyl (C=O) groups excluding carboxylic acids is 1. The van der Waals surface area contributed by atoms with Gasteiger partial charge in [-0.3, -0.25) is 0 Å². The summed E-state index contributed by atoms with van der Waals surface area (Å²) in [6.07, 6.45) is 9.59. The third-order valence-electron chi connectivity index (χ3n) is 3.29. The zero-order valence-electron chi connectivity index (χ0n) is 12.7. The highest BCUT2D eigenvalue weighted by Crippen LogP contribution is 2.10. The number of hydrogen-bond acceptors (Lipinski definition) is 3. The highest BCUT2D eigenvalue weighted by molar-refractivity contribution is 5.88. The molecule has 0 fully saturated rings. The van der Waals surface area contributed by atoms with Crippen LogP contribution in [0.2, 0.25) is 0 Å². The second-order valence-corrected chi connectivity index (χ2v) is 5.43. The quantitative estimate of drug-likeness (QED) is 0.333. The van der Waals surface area contributed by atoms with E-state index in [9.17, 15) is 4.79 Å². The molecule has 0 aliphatic carbocycles. The summed E-state index contributed by atoms with van der Waals surface area (Å²) in [7, 11) is 0. The van der Waals surface area contributed by atoms with Crippen LogP contribution in [0.3, 0.4) is 0 Å². The maximum Gasteiger partial charge on any atom is 0.333 e. The number of ether oxygens (including phenoxy) is 1. The molecule has 3 heteroatoms. The molecule has 2 N–H and O–H groups in total. The van der Waals surface area contributed by atoms with Crippen LogP contribution < -0.4 is 5.73 Å². The Morgan fingerprint density at radius 2 is 1.47 bits per heavy atom. The van der Waals surface area contributed by atoms with Gasteiger partial charge in [-0.25, -0.2) is 4.79 Å². The van der Waals surface area contributed by atoms with Crippen LogP contribution in [0.1, 0.15) is 65.2 Å². The first-order chi connectivity index (χ1) is 9.09. The minimum absolute atomic E-state index is 0.168. The molecule has 0 unspecified atom stereocenters. The normalized spacial score (nSPS) is 10.7. The number of carbonyl (C=O) groups is 1. The van der Waals surface area contributed by atoms with Gasteiger partial charge < -0.3 is 10.5 Å². The van der Waals surface area contributed by atoms with Crippen LogP contribution in [-0.2, 0) is 9.53 Å². The average molecular weight is 269 g/mol. The van der Waals surface area contributed by atoms with E-state index in [1.54, 1.807) is 0 Å². The lowest BCUT2D eigenvalue weighted by atomic mass is 10.1. The van der Waals surface area contributed by atoms with Crippen molar-refractivity contribution in [1.29, 1.82) is 0 Å². The molecule has 3 nitrogen and oxygen atoms in total. The lowest BCUT2D eigenvalue weighted by Gasteiger charge is -2.09. The van der Waals surface area contributed by atoms with Gasteiger partial charge in [0.05, 0.1) is 6.61 Å². The third-order valence-corrected chi connectivity index (χ3v) is 3.29. The molecule has 0 aromatic heterocycles. The zero-order valence-corrected chi connectivity index (χ0v) is 12.7. The Hall–Kier alpha value is -0.830. The summed E-state index contributed by atoms with van der Waals surface area (Å²) in [5.41, 5.74) is 6.01. The summed E-state index contributed by atoms with van der Waals surface area (Å²) in [5.74, 6) is -0.0715. The van der Waals surface area contributed by atoms with Crippen LogP contribution in [0.5, 0.6) is 0 Å². The van der Waals surface area contributed by atoms with Crippen LogP contribution in [0.15, 0.2) is 12.2 Å². The highest BCUT2D eigenvalue weighted by atomic mass is 16.5. The second kappa shape index (κ2) is 12.2. The largest absolute Gasteiger partial charge is 0.462 e. The predicted molar refractivity (Wildman–Crippen MR) is 80.9 cm³/mol. The molecule has 0 aliphatic heterocycles. The van der Waals surface area contributed by atoms with Gasteiger partial charge in [0.2, 0.25) is 0 Å². The molecule has 0 heterocycles. The highest BCUT2D eigenvalue weighted by Gasteiger charge is 2.11. The Morgan fingerprint density at radius 3 is 1.95 bits per heavy atom. The topological polar surface area (TPSA) is 52.3 Å². The number of nitrogens with two attached hydrogens (primary N) is 1. The van der Waals surface area contributed by atoms with Crippen molar-refractivity contribution >= 4 is 5.97 Å². The molecule has 0 saturated carbocycles. The Balaban J connectivity index is 3.27. The fraction of sp³-hybridized carbons (Fsp3) is 0.812. The number of rotatable bonds is 12. The standard InChI is InChI=1S/C16H31NO2/c1-14(2)15(3)16(18)19-13-11-9-7-5-4-6-8-10-12-17/h14H,3-13,17H2,1-2H3. The summed E-state index contributed by atoms with van der Waals surface area (Å²) < 4.78 is 5.17. The summed E-state index contributed by atoms with van der Waals surface area (Å²) in [6, 6.07) is 0. The van der Waals surface area contributed by atoms with Crippen LogP contribution in [0.25, 0.3) is 0 Å². The fourth-order valence-electron chi connectivity index (χ4n) is 1.80. The van der Waals surface area contributed by atoms with Gasteiger partial charge in [-0.15, -0.1) is 0 Å². The van der Waals surface area contributed by atoms with E-state index in [4.69, 9.17) is 10.5 Å². The molecule has 112 valence electrons. The smallest absolute Gasteiger partial charge is 0.333 e. The Morgan fingerprint density at radius 1 is 1.00 bits per heavy atom. The molecule has 0 bridgehead atoms. The van der Waals surface area contributed by atoms with Crippen molar-refractivity contribution in [2.75, 3.05) is 13.2 Å². The summed E-state index contributed by atoms with van der Waals surface area (Å²) >= 11 is 0. The molecule has 0 radical (unpaired) electrons. The molecule has 0 rings (SSSR count). The Labute approximate surface area is 118 Å². The van der Waals surface area contributed by atoms with Gasteiger partial charge in [0.15, 0.2) is 0 Å². The van der Waals surface area contributed by atoms with Crippen molar-refractivity contribution in [2.24, 2.45) is 11.7 Å². The maximum atomic E-state index is 11.5. The molecule has 19 heavy (non-hydrogen) atoms. The number of esters is 1. The Bertz CT molecular complexity index is 249. The minimum Gasteiger partial charge on any atom is -0.462 e. The van der Waals surface area contributed by atoms with E-state index in [1.807, 2.05) is 13.8 Å². The fourth-order valence-corrected chi connectivity index (χ4v) is 1.80. The van der Waals surface area contributed by atoms with Gasteiger partial charge in [-0.2, -0.15) is 0 Å². The van der Waals surface area contributed by atoms with E-state index in [-0.39, 0.29) is 11.9 Å². The predicted octanol–water partition coefficient (Wildman–Crippen LogP) is 3.82. The van der Waals surface area contributed by atoms with Gasteiger partial charge in [-0.05, 0) is 25.3 Å². The van der Waals surface area contributed by atoms with Crippen molar-refractivity contribution in [3.05, 3.63) is 12.2 Å². The summed E-state index contributed by atoms with van der Waals surface area (Å²) in [4.78, 5) is 11.5. The minimum atomic E-state index is -0.239. The van der Waals surface area contributed by atoms with Crippen molar-refractivity contribution in [3.8, 4) is 0 Å². The molecule has 0 amide bonds. The van der Waals surface area contributed by atoms with Crippen LogP contribution in [-0.4, -0.2) is 19.1 Å². The van der Waals surface area contributed by atoms with Crippen molar-refractivity contribution in [1.82, 2.24) is 0 Å². The van der Waals surface area contributed by atoms with Crippen LogP contribution in [0, 0.1) is 5.92 Å². The van der Waals surface area contributed by atoms with Gasteiger partial charge >= 0.3 is 5.97 Å². The van der Waals surface area contributed by atoms with E-state index in [2.05, 4.69) is 6.58 Å². The lowest BCUT2D eigenvalue weighted by Crippen LogP contribution is -2.12. The first-order valence-corrected chi connectivity index (χ1v) is 7.65. The molecule has 0 saturated heterocycles. The molecule has 0 aliphatic rings. The average Bonchev–Trinajstić information content (AvgIpc) is 2.39. The van der Waals surface area contributed by atoms with E-state index < -0.39 is 0 Å². The number of hydrogen-bond donors (Lipinski definition) is 1. The van der Waals surface area contributed by atoms with Gasteiger partial charge in [0, 0.05) is 5.57 Å². The first kappa shape index (κ1) is 18.2. The third kappa shape index (κ3) is 10.8. The van der Waals surface area contributed by atoms with Crippen molar-refractivity contribution in [2.45, 2.75) is 65.2 Å². The molecule has 0 atom stereocenters. The van der Waals surface area contributed by atoms with Gasteiger partial charge in [0.1, 0.15) is 0 Å².